The van der Waals surface area contributed by atoms with Crippen molar-refractivity contribution in [3.05, 3.63) is 42.5 Å². The van der Waals surface area contributed by atoms with Crippen LogP contribution in [0.3, 0.4) is 0 Å². The molecule has 0 aliphatic carbocycles. The van der Waals surface area contributed by atoms with E-state index in [1.807, 2.05) is 0 Å². The third-order valence-electron chi connectivity index (χ3n) is 3.74. The Labute approximate surface area is 151 Å². The number of sulfonamides is 1. The van der Waals surface area contributed by atoms with E-state index in [2.05, 4.69) is 10.0 Å². The predicted molar refractivity (Wildman–Crippen MR) is 94.0 cm³/mol. The number of benzene rings is 2. The lowest BCUT2D eigenvalue weighted by molar-refractivity contribution is -0.117. The van der Waals surface area contributed by atoms with E-state index in [4.69, 9.17) is 14.2 Å². The summed E-state index contributed by atoms with van der Waals surface area (Å²) in [5, 5.41) is 2.64. The molecule has 1 atom stereocenters. The largest absolute Gasteiger partial charge is 0.497 e. The summed E-state index contributed by atoms with van der Waals surface area (Å²) in [4.78, 5) is 12.3. The van der Waals surface area contributed by atoms with Crippen LogP contribution in [0.5, 0.6) is 17.2 Å². The van der Waals surface area contributed by atoms with E-state index in [9.17, 15) is 13.2 Å². The first-order chi connectivity index (χ1) is 12.4. The quantitative estimate of drug-likeness (QED) is 0.794. The van der Waals surface area contributed by atoms with E-state index >= 15 is 0 Å². The second kappa shape index (κ2) is 7.22. The molecule has 2 aromatic rings. The molecule has 0 spiro atoms. The minimum absolute atomic E-state index is 0.0426. The molecule has 0 saturated carbocycles. The van der Waals surface area contributed by atoms with Gasteiger partial charge < -0.3 is 19.5 Å². The first-order valence-electron chi connectivity index (χ1n) is 7.76. The number of hydrogen-bond acceptors (Lipinski definition) is 6. The van der Waals surface area contributed by atoms with Crippen molar-refractivity contribution in [2.24, 2.45) is 0 Å². The van der Waals surface area contributed by atoms with Crippen molar-refractivity contribution in [1.82, 2.24) is 4.72 Å². The summed E-state index contributed by atoms with van der Waals surface area (Å²) in [6, 6.07) is 9.84. The topological polar surface area (TPSA) is 103 Å². The Bertz CT molecular complexity index is 911. The van der Waals surface area contributed by atoms with Crippen LogP contribution in [-0.4, -0.2) is 34.3 Å². The van der Waals surface area contributed by atoms with E-state index in [1.54, 1.807) is 18.2 Å². The summed E-state index contributed by atoms with van der Waals surface area (Å²) in [6.45, 7) is 1.59. The summed E-state index contributed by atoms with van der Waals surface area (Å²) in [5.41, 5.74) is 0.481. The van der Waals surface area contributed by atoms with Crippen LogP contribution in [0.4, 0.5) is 5.69 Å². The van der Waals surface area contributed by atoms with Crippen molar-refractivity contribution in [2.45, 2.75) is 17.9 Å². The van der Waals surface area contributed by atoms with Crippen LogP contribution in [0, 0.1) is 0 Å². The Hall–Kier alpha value is -2.78. The van der Waals surface area contributed by atoms with Crippen LogP contribution in [0.1, 0.15) is 6.92 Å². The van der Waals surface area contributed by atoms with Crippen molar-refractivity contribution in [1.29, 1.82) is 0 Å². The van der Waals surface area contributed by atoms with Gasteiger partial charge in [0.05, 0.1) is 18.0 Å². The Kier molecular flexibility index (Phi) is 5.01. The fourth-order valence-electron chi connectivity index (χ4n) is 2.33. The minimum atomic E-state index is -3.84. The van der Waals surface area contributed by atoms with Gasteiger partial charge in [-0.15, -0.1) is 0 Å². The molecule has 3 rings (SSSR count). The lowest BCUT2D eigenvalue weighted by Gasteiger charge is -2.15. The van der Waals surface area contributed by atoms with Gasteiger partial charge in [-0.05, 0) is 43.3 Å². The molecule has 0 bridgehead atoms. The highest BCUT2D eigenvalue weighted by Crippen LogP contribution is 2.34. The number of methoxy groups -OCH3 is 1. The molecular formula is C17H18N2O6S. The molecule has 0 unspecified atom stereocenters. The molecule has 1 aliphatic rings. The summed E-state index contributed by atoms with van der Waals surface area (Å²) < 4.78 is 42.6. The van der Waals surface area contributed by atoms with Crippen molar-refractivity contribution >= 4 is 21.6 Å². The van der Waals surface area contributed by atoms with Crippen molar-refractivity contribution in [3.8, 4) is 17.2 Å². The van der Waals surface area contributed by atoms with Gasteiger partial charge >= 0.3 is 0 Å². The standard InChI is InChI=1S/C17H18N2O6S/c1-11(19-26(21,22)14-6-4-13(23-2)5-7-14)17(20)18-12-3-8-15-16(9-12)25-10-24-15/h3-9,11,19H,10H2,1-2H3,(H,18,20)/t11-/m0/s1. The molecule has 0 radical (unpaired) electrons. The Balaban J connectivity index is 1.66. The highest BCUT2D eigenvalue weighted by atomic mass is 32.2. The number of nitrogens with one attached hydrogen (secondary N) is 2. The smallest absolute Gasteiger partial charge is 0.242 e. The molecule has 2 N–H and O–H groups in total. The van der Waals surface area contributed by atoms with E-state index in [1.165, 1.54) is 38.3 Å². The van der Waals surface area contributed by atoms with Gasteiger partial charge in [-0.1, -0.05) is 0 Å². The van der Waals surface area contributed by atoms with E-state index in [0.29, 0.717) is 22.9 Å². The molecule has 0 fully saturated rings. The maximum Gasteiger partial charge on any atom is 0.242 e. The van der Waals surface area contributed by atoms with Gasteiger partial charge in [-0.3, -0.25) is 4.79 Å². The Morgan fingerprint density at radius 2 is 1.81 bits per heavy atom. The van der Waals surface area contributed by atoms with Crippen molar-refractivity contribution in [3.63, 3.8) is 0 Å². The lowest BCUT2D eigenvalue weighted by atomic mass is 10.2. The zero-order chi connectivity index (χ0) is 18.7. The van der Waals surface area contributed by atoms with Gasteiger partial charge in [0.25, 0.3) is 0 Å². The molecule has 138 valence electrons. The Morgan fingerprint density at radius 1 is 1.12 bits per heavy atom. The number of rotatable bonds is 6. The second-order valence-electron chi connectivity index (χ2n) is 5.58. The summed E-state index contributed by atoms with van der Waals surface area (Å²) in [5.74, 6) is 1.16. The van der Waals surface area contributed by atoms with E-state index in [0.717, 1.165) is 0 Å². The first kappa shape index (κ1) is 18.0. The van der Waals surface area contributed by atoms with E-state index < -0.39 is 22.0 Å². The third kappa shape index (κ3) is 3.89. The van der Waals surface area contributed by atoms with Gasteiger partial charge in [0.15, 0.2) is 11.5 Å². The number of ether oxygens (including phenoxy) is 3. The van der Waals surface area contributed by atoms with Gasteiger partial charge in [0.1, 0.15) is 5.75 Å². The summed E-state index contributed by atoms with van der Waals surface area (Å²) in [6.07, 6.45) is 0. The molecular weight excluding hydrogens is 360 g/mol. The molecule has 0 saturated heterocycles. The highest BCUT2D eigenvalue weighted by Gasteiger charge is 2.23. The van der Waals surface area contributed by atoms with Gasteiger partial charge in [-0.25, -0.2) is 8.42 Å². The fraction of sp³-hybridized carbons (Fsp3) is 0.235. The lowest BCUT2D eigenvalue weighted by Crippen LogP contribution is -2.41. The van der Waals surface area contributed by atoms with Gasteiger partial charge in [0.2, 0.25) is 22.7 Å². The van der Waals surface area contributed by atoms with Crippen LogP contribution >= 0.6 is 0 Å². The third-order valence-corrected chi connectivity index (χ3v) is 5.29. The summed E-state index contributed by atoms with van der Waals surface area (Å²) in [7, 11) is -2.35. The molecule has 8 nitrogen and oxygen atoms in total. The van der Waals surface area contributed by atoms with Crippen LogP contribution in [0.25, 0.3) is 0 Å². The highest BCUT2D eigenvalue weighted by molar-refractivity contribution is 7.89. The zero-order valence-electron chi connectivity index (χ0n) is 14.2. The first-order valence-corrected chi connectivity index (χ1v) is 9.24. The maximum atomic E-state index is 12.4. The monoisotopic (exact) mass is 378 g/mol. The molecule has 1 heterocycles. The second-order valence-corrected chi connectivity index (χ2v) is 7.29. The molecule has 26 heavy (non-hydrogen) atoms. The molecule has 0 aromatic heterocycles. The molecule has 9 heteroatoms. The van der Waals surface area contributed by atoms with Crippen LogP contribution in [0.2, 0.25) is 0 Å². The van der Waals surface area contributed by atoms with Gasteiger partial charge in [-0.2, -0.15) is 4.72 Å². The molecule has 1 amide bonds. The predicted octanol–water partition coefficient (Wildman–Crippen LogP) is 1.73. The number of amides is 1. The number of carbonyl (C=O) groups excluding carboxylic acids is 1. The van der Waals surface area contributed by atoms with Crippen molar-refractivity contribution < 1.29 is 27.4 Å². The number of anilines is 1. The Morgan fingerprint density at radius 3 is 2.50 bits per heavy atom. The minimum Gasteiger partial charge on any atom is -0.497 e. The number of fused-ring (bicyclic) bond motifs is 1. The average molecular weight is 378 g/mol. The zero-order valence-corrected chi connectivity index (χ0v) is 15.0. The average Bonchev–Trinajstić information content (AvgIpc) is 3.09. The fourth-order valence-corrected chi connectivity index (χ4v) is 3.54. The molecule has 2 aromatic carbocycles. The van der Waals surface area contributed by atoms with Crippen LogP contribution < -0.4 is 24.2 Å². The van der Waals surface area contributed by atoms with E-state index in [-0.39, 0.29) is 11.7 Å². The van der Waals surface area contributed by atoms with Crippen LogP contribution in [0.15, 0.2) is 47.4 Å². The van der Waals surface area contributed by atoms with Crippen molar-refractivity contribution in [2.75, 3.05) is 19.2 Å². The maximum absolute atomic E-state index is 12.4. The normalized spacial score (nSPS) is 13.9. The molecule has 1 aliphatic heterocycles. The van der Waals surface area contributed by atoms with Crippen LogP contribution in [-0.2, 0) is 14.8 Å². The van der Waals surface area contributed by atoms with Gasteiger partial charge in [0, 0.05) is 11.8 Å². The SMILES string of the molecule is COc1ccc(S(=O)(=O)N[C@@H](C)C(=O)Nc2ccc3c(c2)OCO3)cc1. The number of hydrogen-bond donors (Lipinski definition) is 2. The summed E-state index contributed by atoms with van der Waals surface area (Å²) >= 11 is 0. The number of carbonyl (C=O) groups is 1.